The zero-order valence-corrected chi connectivity index (χ0v) is 13.9. The lowest BCUT2D eigenvalue weighted by molar-refractivity contribution is -0.159. The fraction of sp³-hybridized carbons (Fsp3) is 0.882. The van der Waals surface area contributed by atoms with Crippen LogP contribution in [0.5, 0.6) is 0 Å². The van der Waals surface area contributed by atoms with Gasteiger partial charge in [-0.1, -0.05) is 46.0 Å². The lowest BCUT2D eigenvalue weighted by Gasteiger charge is -2.48. The summed E-state index contributed by atoms with van der Waals surface area (Å²) in [6.07, 6.45) is 7.84. The summed E-state index contributed by atoms with van der Waals surface area (Å²) in [5.74, 6) is 0.325. The molecule has 1 heterocycles. The Morgan fingerprint density at radius 2 is 1.76 bits per heavy atom. The van der Waals surface area contributed by atoms with Crippen molar-refractivity contribution >= 4 is 11.8 Å². The fourth-order valence-electron chi connectivity index (χ4n) is 3.70. The van der Waals surface area contributed by atoms with E-state index in [1.54, 1.807) is 0 Å². The number of nitrogens with zero attached hydrogens (tertiary/aromatic N) is 1. The molecule has 21 heavy (non-hydrogen) atoms. The second kappa shape index (κ2) is 6.37. The van der Waals surface area contributed by atoms with Crippen LogP contribution in [-0.2, 0) is 9.59 Å². The third kappa shape index (κ3) is 3.24. The van der Waals surface area contributed by atoms with E-state index in [4.69, 9.17) is 0 Å². The van der Waals surface area contributed by atoms with Crippen LogP contribution in [0.1, 0.15) is 72.6 Å². The molecule has 2 rings (SSSR count). The normalized spacial score (nSPS) is 29.0. The first-order valence-electron chi connectivity index (χ1n) is 8.53. The average molecular weight is 294 g/mol. The van der Waals surface area contributed by atoms with E-state index in [1.807, 2.05) is 18.7 Å². The molecule has 0 bridgehead atoms. The van der Waals surface area contributed by atoms with E-state index in [2.05, 4.69) is 19.2 Å². The van der Waals surface area contributed by atoms with Gasteiger partial charge in [0.25, 0.3) is 0 Å². The van der Waals surface area contributed by atoms with Crippen LogP contribution in [-0.4, -0.2) is 34.3 Å². The summed E-state index contributed by atoms with van der Waals surface area (Å²) >= 11 is 0. The molecule has 2 fully saturated rings. The molecule has 120 valence electrons. The van der Waals surface area contributed by atoms with Gasteiger partial charge in [-0.15, -0.1) is 0 Å². The van der Waals surface area contributed by atoms with E-state index in [-0.39, 0.29) is 29.8 Å². The van der Waals surface area contributed by atoms with Crippen molar-refractivity contribution in [2.45, 2.75) is 90.3 Å². The first kappa shape index (κ1) is 16.3. The number of rotatable bonds is 3. The molecule has 1 N–H and O–H groups in total. The van der Waals surface area contributed by atoms with Crippen molar-refractivity contribution in [2.75, 3.05) is 0 Å². The van der Waals surface area contributed by atoms with E-state index in [0.717, 1.165) is 19.3 Å². The highest BCUT2D eigenvalue weighted by Crippen LogP contribution is 2.31. The summed E-state index contributed by atoms with van der Waals surface area (Å²) in [5.41, 5.74) is -0.770. The summed E-state index contributed by atoms with van der Waals surface area (Å²) in [6.45, 7) is 7.82. The average Bonchev–Trinajstić information content (AvgIpc) is 2.70. The van der Waals surface area contributed by atoms with Crippen LogP contribution in [0.2, 0.25) is 0 Å². The zero-order chi connectivity index (χ0) is 15.6. The Morgan fingerprint density at radius 1 is 1.19 bits per heavy atom. The van der Waals surface area contributed by atoms with Crippen LogP contribution in [0.25, 0.3) is 0 Å². The number of amides is 2. The maximum atomic E-state index is 12.9. The van der Waals surface area contributed by atoms with E-state index in [0.29, 0.717) is 0 Å². The molecule has 1 saturated heterocycles. The monoisotopic (exact) mass is 294 g/mol. The Balaban J connectivity index is 2.32. The van der Waals surface area contributed by atoms with Gasteiger partial charge in [-0.3, -0.25) is 9.59 Å². The number of piperazine rings is 1. The SMILES string of the molecule is CCC(C)C1C(=O)NC(C)(C)C(=O)N1C1CCCCCC1. The molecule has 2 aliphatic rings. The quantitative estimate of drug-likeness (QED) is 0.814. The van der Waals surface area contributed by atoms with Crippen molar-refractivity contribution in [3.05, 3.63) is 0 Å². The second-order valence-electron chi connectivity index (χ2n) is 7.30. The molecule has 2 amide bonds. The summed E-state index contributed by atoms with van der Waals surface area (Å²) in [6, 6.07) is -0.0528. The van der Waals surface area contributed by atoms with E-state index >= 15 is 0 Å². The van der Waals surface area contributed by atoms with E-state index < -0.39 is 5.54 Å². The molecule has 0 aromatic carbocycles. The van der Waals surface area contributed by atoms with Crippen LogP contribution in [0, 0.1) is 5.92 Å². The van der Waals surface area contributed by atoms with Crippen molar-refractivity contribution in [3.63, 3.8) is 0 Å². The highest BCUT2D eigenvalue weighted by Gasteiger charge is 2.49. The zero-order valence-electron chi connectivity index (χ0n) is 13.9. The Kier molecular flexibility index (Phi) is 4.95. The molecule has 1 aliphatic carbocycles. The summed E-state index contributed by atoms with van der Waals surface area (Å²) in [5, 5.41) is 2.93. The lowest BCUT2D eigenvalue weighted by atomic mass is 9.87. The van der Waals surface area contributed by atoms with Crippen molar-refractivity contribution in [2.24, 2.45) is 5.92 Å². The Labute approximate surface area is 128 Å². The van der Waals surface area contributed by atoms with Gasteiger partial charge in [-0.05, 0) is 32.6 Å². The smallest absolute Gasteiger partial charge is 0.248 e. The third-order valence-electron chi connectivity index (χ3n) is 5.17. The van der Waals surface area contributed by atoms with Crippen molar-refractivity contribution in [1.29, 1.82) is 0 Å². The highest BCUT2D eigenvalue weighted by atomic mass is 16.2. The second-order valence-corrected chi connectivity index (χ2v) is 7.30. The molecule has 0 aromatic rings. The summed E-state index contributed by atoms with van der Waals surface area (Å²) in [4.78, 5) is 27.5. The van der Waals surface area contributed by atoms with Gasteiger partial charge in [0.1, 0.15) is 11.6 Å². The summed E-state index contributed by atoms with van der Waals surface area (Å²) < 4.78 is 0. The third-order valence-corrected chi connectivity index (χ3v) is 5.17. The molecule has 4 heteroatoms. The first-order chi connectivity index (χ1) is 9.88. The maximum absolute atomic E-state index is 12.9. The topological polar surface area (TPSA) is 49.4 Å². The van der Waals surface area contributed by atoms with E-state index in [1.165, 1.54) is 25.7 Å². The van der Waals surface area contributed by atoms with Crippen molar-refractivity contribution < 1.29 is 9.59 Å². The standard InChI is InChI=1S/C17H30N2O2/c1-5-12(2)14-15(20)18-17(3,4)16(21)19(14)13-10-8-6-7-9-11-13/h12-14H,5-11H2,1-4H3,(H,18,20). The molecule has 0 radical (unpaired) electrons. The molecule has 2 atom stereocenters. The first-order valence-corrected chi connectivity index (χ1v) is 8.53. The summed E-state index contributed by atoms with van der Waals surface area (Å²) in [7, 11) is 0. The van der Waals surface area contributed by atoms with Gasteiger partial charge >= 0.3 is 0 Å². The lowest BCUT2D eigenvalue weighted by Crippen LogP contribution is -2.71. The van der Waals surface area contributed by atoms with Crippen LogP contribution in [0.3, 0.4) is 0 Å². The molecule has 4 nitrogen and oxygen atoms in total. The fourth-order valence-corrected chi connectivity index (χ4v) is 3.70. The maximum Gasteiger partial charge on any atom is 0.248 e. The molecule has 1 saturated carbocycles. The van der Waals surface area contributed by atoms with Crippen molar-refractivity contribution in [3.8, 4) is 0 Å². The van der Waals surface area contributed by atoms with Gasteiger partial charge in [0.15, 0.2) is 0 Å². The molecule has 2 unspecified atom stereocenters. The van der Waals surface area contributed by atoms with Gasteiger partial charge in [-0.2, -0.15) is 0 Å². The highest BCUT2D eigenvalue weighted by molar-refractivity contribution is 5.99. The molecule has 0 spiro atoms. The predicted molar refractivity (Wildman–Crippen MR) is 83.8 cm³/mol. The van der Waals surface area contributed by atoms with Crippen LogP contribution < -0.4 is 5.32 Å². The molecular formula is C17H30N2O2. The molecule has 0 aromatic heterocycles. The Bertz CT molecular complexity index is 398. The van der Waals surface area contributed by atoms with Gasteiger partial charge < -0.3 is 10.2 Å². The molecular weight excluding hydrogens is 264 g/mol. The minimum absolute atomic E-state index is 0.0261. The van der Waals surface area contributed by atoms with Crippen LogP contribution >= 0.6 is 0 Å². The minimum atomic E-state index is -0.770. The van der Waals surface area contributed by atoms with Gasteiger partial charge in [-0.25, -0.2) is 0 Å². The Morgan fingerprint density at radius 3 is 2.29 bits per heavy atom. The van der Waals surface area contributed by atoms with Gasteiger partial charge in [0.05, 0.1) is 0 Å². The van der Waals surface area contributed by atoms with E-state index in [9.17, 15) is 9.59 Å². The number of hydrogen-bond acceptors (Lipinski definition) is 2. The van der Waals surface area contributed by atoms with Gasteiger partial charge in [0, 0.05) is 6.04 Å². The van der Waals surface area contributed by atoms with Crippen LogP contribution in [0.4, 0.5) is 0 Å². The minimum Gasteiger partial charge on any atom is -0.340 e. The molecule has 1 aliphatic heterocycles. The Hall–Kier alpha value is -1.06. The number of carbonyl (C=O) groups excluding carboxylic acids is 2. The van der Waals surface area contributed by atoms with Gasteiger partial charge in [0.2, 0.25) is 11.8 Å². The number of carbonyl (C=O) groups is 2. The number of hydrogen-bond donors (Lipinski definition) is 1. The predicted octanol–water partition coefficient (Wildman–Crippen LogP) is 2.86. The largest absolute Gasteiger partial charge is 0.340 e. The number of nitrogens with one attached hydrogen (secondary N) is 1. The van der Waals surface area contributed by atoms with Crippen LogP contribution in [0.15, 0.2) is 0 Å². The van der Waals surface area contributed by atoms with Crippen molar-refractivity contribution in [1.82, 2.24) is 10.2 Å².